The molecule has 0 aliphatic carbocycles. The summed E-state index contributed by atoms with van der Waals surface area (Å²) in [5, 5.41) is 14.2. The molecule has 0 unspecified atom stereocenters. The summed E-state index contributed by atoms with van der Waals surface area (Å²) in [5.74, 6) is 0.480. The number of likely N-dealkylation sites (tertiary alicyclic amines) is 1. The normalized spacial score (nSPS) is 25.3. The van der Waals surface area contributed by atoms with Gasteiger partial charge in [-0.05, 0) is 31.0 Å². The van der Waals surface area contributed by atoms with Gasteiger partial charge in [-0.3, -0.25) is 19.8 Å². The number of nitro groups is 1. The topological polar surface area (TPSA) is 75.5 Å². The van der Waals surface area contributed by atoms with Crippen LogP contribution in [0.1, 0.15) is 31.2 Å². The maximum absolute atomic E-state index is 11.5. The van der Waals surface area contributed by atoms with Crippen molar-refractivity contribution in [1.82, 2.24) is 10.2 Å². The van der Waals surface area contributed by atoms with Crippen LogP contribution >= 0.6 is 11.6 Å². The van der Waals surface area contributed by atoms with Gasteiger partial charge in [-0.15, -0.1) is 0 Å². The molecule has 1 N–H and O–H groups in total. The van der Waals surface area contributed by atoms with Gasteiger partial charge in [0.1, 0.15) is 0 Å². The Balaban J connectivity index is 1.74. The van der Waals surface area contributed by atoms with Crippen LogP contribution in [-0.4, -0.2) is 34.9 Å². The van der Waals surface area contributed by atoms with E-state index in [1.165, 1.54) is 18.6 Å². The quantitative estimate of drug-likeness (QED) is 0.677. The van der Waals surface area contributed by atoms with E-state index in [0.717, 1.165) is 31.5 Å². The van der Waals surface area contributed by atoms with Crippen LogP contribution in [-0.2, 0) is 11.3 Å². The smallest absolute Gasteiger partial charge is 0.270 e. The molecule has 0 aromatic heterocycles. The van der Waals surface area contributed by atoms with Crippen LogP contribution in [0.5, 0.6) is 0 Å². The minimum Gasteiger partial charge on any atom is -0.356 e. The Hall–Kier alpha value is -1.66. The molecular formula is C16H20ClN3O3. The number of hydrogen-bond acceptors (Lipinski definition) is 4. The van der Waals surface area contributed by atoms with E-state index in [2.05, 4.69) is 10.2 Å². The third kappa shape index (κ3) is 3.64. The fourth-order valence-electron chi connectivity index (χ4n) is 3.64. The van der Waals surface area contributed by atoms with Crippen molar-refractivity contribution in [2.24, 2.45) is 5.92 Å². The number of rotatable bonds is 4. The van der Waals surface area contributed by atoms with E-state index in [9.17, 15) is 14.9 Å². The molecule has 2 aliphatic heterocycles. The SMILES string of the molecule is O=C1C[C@@H]([C@H]2CCCCN2Cc2ccc([N+](=O)[O-])cc2Cl)CN1. The first kappa shape index (κ1) is 16.2. The summed E-state index contributed by atoms with van der Waals surface area (Å²) < 4.78 is 0. The van der Waals surface area contributed by atoms with Crippen LogP contribution in [0, 0.1) is 16.0 Å². The summed E-state index contributed by atoms with van der Waals surface area (Å²) in [4.78, 5) is 24.3. The van der Waals surface area contributed by atoms with Crippen molar-refractivity contribution >= 4 is 23.2 Å². The van der Waals surface area contributed by atoms with Crippen LogP contribution in [0.15, 0.2) is 18.2 Å². The van der Waals surface area contributed by atoms with Gasteiger partial charge in [-0.1, -0.05) is 18.0 Å². The third-order valence-corrected chi connectivity index (χ3v) is 5.19. The zero-order valence-corrected chi connectivity index (χ0v) is 13.6. The number of benzene rings is 1. The first-order chi connectivity index (χ1) is 11.0. The van der Waals surface area contributed by atoms with Crippen LogP contribution in [0.3, 0.4) is 0 Å². The second kappa shape index (κ2) is 6.84. The summed E-state index contributed by atoms with van der Waals surface area (Å²) in [6, 6.07) is 5.02. The third-order valence-electron chi connectivity index (χ3n) is 4.84. The average molecular weight is 338 g/mol. The van der Waals surface area contributed by atoms with Crippen molar-refractivity contribution in [3.63, 3.8) is 0 Å². The minimum absolute atomic E-state index is 0.0135. The van der Waals surface area contributed by atoms with Crippen molar-refractivity contribution in [1.29, 1.82) is 0 Å². The molecule has 0 saturated carbocycles. The molecule has 2 heterocycles. The van der Waals surface area contributed by atoms with Gasteiger partial charge in [0.2, 0.25) is 5.91 Å². The second-order valence-electron chi connectivity index (χ2n) is 6.33. The Morgan fingerprint density at radius 3 is 2.87 bits per heavy atom. The molecule has 0 bridgehead atoms. The van der Waals surface area contributed by atoms with Crippen molar-refractivity contribution in [2.45, 2.75) is 38.3 Å². The lowest BCUT2D eigenvalue weighted by Crippen LogP contribution is -2.44. The fourth-order valence-corrected chi connectivity index (χ4v) is 3.88. The van der Waals surface area contributed by atoms with Gasteiger partial charge in [0, 0.05) is 43.6 Å². The van der Waals surface area contributed by atoms with Gasteiger partial charge < -0.3 is 5.32 Å². The Labute approximate surface area is 139 Å². The van der Waals surface area contributed by atoms with E-state index in [-0.39, 0.29) is 11.6 Å². The maximum Gasteiger partial charge on any atom is 0.270 e. The minimum atomic E-state index is -0.435. The average Bonchev–Trinajstić information content (AvgIpc) is 2.96. The van der Waals surface area contributed by atoms with Crippen LogP contribution in [0.4, 0.5) is 5.69 Å². The molecule has 124 valence electrons. The molecule has 2 fully saturated rings. The number of nitrogens with one attached hydrogen (secondary N) is 1. The zero-order valence-electron chi connectivity index (χ0n) is 12.8. The Morgan fingerprint density at radius 1 is 1.39 bits per heavy atom. The Bertz CT molecular complexity index is 623. The largest absolute Gasteiger partial charge is 0.356 e. The highest BCUT2D eigenvalue weighted by Gasteiger charge is 2.34. The lowest BCUT2D eigenvalue weighted by molar-refractivity contribution is -0.384. The molecule has 1 aromatic rings. The van der Waals surface area contributed by atoms with E-state index in [4.69, 9.17) is 11.6 Å². The molecule has 2 aliphatic rings. The van der Waals surface area contributed by atoms with E-state index in [1.807, 2.05) is 0 Å². The van der Waals surface area contributed by atoms with Crippen molar-refractivity contribution in [3.05, 3.63) is 38.9 Å². The standard InChI is InChI=1S/C16H20ClN3O3/c17-14-8-13(20(22)23)5-4-11(14)10-19-6-2-1-3-15(19)12-7-16(21)18-9-12/h4-5,8,12,15H,1-3,6-7,9-10H2,(H,18,21)/t12-,15-/m1/s1. The van der Waals surface area contributed by atoms with Crippen LogP contribution in [0.25, 0.3) is 0 Å². The number of amides is 1. The van der Waals surface area contributed by atoms with Crippen molar-refractivity contribution in [3.8, 4) is 0 Å². The van der Waals surface area contributed by atoms with E-state index in [0.29, 0.717) is 29.9 Å². The molecule has 3 rings (SSSR count). The van der Waals surface area contributed by atoms with E-state index < -0.39 is 4.92 Å². The summed E-state index contributed by atoms with van der Waals surface area (Å²) in [7, 11) is 0. The number of nitrogens with zero attached hydrogens (tertiary/aromatic N) is 2. The molecular weight excluding hydrogens is 318 g/mol. The predicted molar refractivity (Wildman–Crippen MR) is 87.3 cm³/mol. The van der Waals surface area contributed by atoms with Crippen molar-refractivity contribution in [2.75, 3.05) is 13.1 Å². The lowest BCUT2D eigenvalue weighted by Gasteiger charge is -2.39. The molecule has 6 nitrogen and oxygen atoms in total. The summed E-state index contributed by atoms with van der Waals surface area (Å²) in [6.45, 7) is 2.39. The highest BCUT2D eigenvalue weighted by molar-refractivity contribution is 6.31. The number of non-ortho nitro benzene ring substituents is 1. The number of piperidine rings is 1. The van der Waals surface area contributed by atoms with Gasteiger partial charge in [-0.25, -0.2) is 0 Å². The fraction of sp³-hybridized carbons (Fsp3) is 0.562. The van der Waals surface area contributed by atoms with Crippen LogP contribution < -0.4 is 5.32 Å². The van der Waals surface area contributed by atoms with Crippen molar-refractivity contribution < 1.29 is 9.72 Å². The van der Waals surface area contributed by atoms with Gasteiger partial charge in [0.25, 0.3) is 5.69 Å². The molecule has 2 atom stereocenters. The molecule has 23 heavy (non-hydrogen) atoms. The zero-order chi connectivity index (χ0) is 16.4. The second-order valence-corrected chi connectivity index (χ2v) is 6.74. The van der Waals surface area contributed by atoms with Gasteiger partial charge >= 0.3 is 0 Å². The first-order valence-corrected chi connectivity index (χ1v) is 8.36. The first-order valence-electron chi connectivity index (χ1n) is 7.98. The predicted octanol–water partition coefficient (Wildman–Crippen LogP) is 2.74. The summed E-state index contributed by atoms with van der Waals surface area (Å²) in [6.07, 6.45) is 3.99. The van der Waals surface area contributed by atoms with Crippen LogP contribution in [0.2, 0.25) is 5.02 Å². The highest BCUT2D eigenvalue weighted by Crippen LogP contribution is 2.31. The van der Waals surface area contributed by atoms with Gasteiger partial charge in [-0.2, -0.15) is 0 Å². The Morgan fingerprint density at radius 2 is 2.22 bits per heavy atom. The molecule has 2 saturated heterocycles. The molecule has 0 spiro atoms. The molecule has 0 radical (unpaired) electrons. The molecule has 1 aromatic carbocycles. The molecule has 1 amide bonds. The van der Waals surface area contributed by atoms with Gasteiger partial charge in [0.05, 0.1) is 9.95 Å². The highest BCUT2D eigenvalue weighted by atomic mass is 35.5. The monoisotopic (exact) mass is 337 g/mol. The van der Waals surface area contributed by atoms with Gasteiger partial charge in [0.15, 0.2) is 0 Å². The Kier molecular flexibility index (Phi) is 4.82. The number of hydrogen-bond donors (Lipinski definition) is 1. The summed E-state index contributed by atoms with van der Waals surface area (Å²) >= 11 is 6.23. The number of carbonyl (C=O) groups is 1. The lowest BCUT2D eigenvalue weighted by atomic mass is 9.89. The number of carbonyl (C=O) groups excluding carboxylic acids is 1. The number of nitro benzene ring substituents is 1. The van der Waals surface area contributed by atoms with E-state index in [1.54, 1.807) is 6.07 Å². The number of halogens is 1. The maximum atomic E-state index is 11.5. The van der Waals surface area contributed by atoms with E-state index >= 15 is 0 Å². The molecule has 7 heteroatoms. The summed E-state index contributed by atoms with van der Waals surface area (Å²) in [5.41, 5.74) is 0.918.